The summed E-state index contributed by atoms with van der Waals surface area (Å²) in [6.07, 6.45) is 1.93. The first kappa shape index (κ1) is 15.3. The molecule has 0 radical (unpaired) electrons. The first-order chi connectivity index (χ1) is 9.49. The second kappa shape index (κ2) is 6.15. The molecule has 5 heteroatoms. The van der Waals surface area contributed by atoms with Crippen LogP contribution in [0.1, 0.15) is 31.7 Å². The first-order valence-electron chi connectivity index (χ1n) is 6.64. The number of hydrogen-bond acceptors (Lipinski definition) is 3. The molecule has 3 nitrogen and oxygen atoms in total. The van der Waals surface area contributed by atoms with Crippen LogP contribution in [-0.4, -0.2) is 18.4 Å². The lowest BCUT2D eigenvalue weighted by Crippen LogP contribution is -2.39. The van der Waals surface area contributed by atoms with Gasteiger partial charge in [-0.2, -0.15) is 0 Å². The smallest absolute Gasteiger partial charge is 0.319 e. The summed E-state index contributed by atoms with van der Waals surface area (Å²) in [7, 11) is 0. The van der Waals surface area contributed by atoms with E-state index in [4.69, 9.17) is 27.9 Å². The molecule has 0 bridgehead atoms. The van der Waals surface area contributed by atoms with Crippen LogP contribution in [0.2, 0.25) is 10.0 Å². The molecule has 0 aromatic heterocycles. The van der Waals surface area contributed by atoms with E-state index in [1.807, 2.05) is 0 Å². The van der Waals surface area contributed by atoms with Gasteiger partial charge < -0.3 is 4.74 Å². The molecule has 1 atom stereocenters. The third-order valence-electron chi connectivity index (χ3n) is 3.71. The predicted octanol–water partition coefficient (Wildman–Crippen LogP) is 3.84. The molecular weight excluding hydrogens is 299 g/mol. The maximum atomic E-state index is 12.2. The van der Waals surface area contributed by atoms with Crippen molar-refractivity contribution >= 4 is 35.0 Å². The molecule has 1 aliphatic carbocycles. The lowest BCUT2D eigenvalue weighted by molar-refractivity contribution is -0.158. The molecule has 108 valence electrons. The molecule has 2 rings (SSSR count). The molecule has 0 saturated heterocycles. The third-order valence-corrected chi connectivity index (χ3v) is 4.30. The number of halogens is 2. The number of benzene rings is 1. The Labute approximate surface area is 128 Å². The van der Waals surface area contributed by atoms with Crippen LogP contribution in [-0.2, 0) is 20.7 Å². The Morgan fingerprint density at radius 3 is 2.70 bits per heavy atom. The van der Waals surface area contributed by atoms with E-state index < -0.39 is 11.4 Å². The maximum absolute atomic E-state index is 12.2. The molecule has 1 fully saturated rings. The summed E-state index contributed by atoms with van der Waals surface area (Å²) in [6.45, 7) is 2.00. The standard InChI is InChI=1S/C15H16Cl2O3/c1-2-20-14(19)15(7-3-4-13(15)18)9-10-5-6-11(16)8-12(10)17/h5-6,8H,2-4,7,9H2,1H3. The molecule has 1 aromatic carbocycles. The zero-order valence-electron chi connectivity index (χ0n) is 11.2. The van der Waals surface area contributed by atoms with Crippen LogP contribution in [0.25, 0.3) is 0 Å². The second-order valence-corrected chi connectivity index (χ2v) is 5.84. The van der Waals surface area contributed by atoms with Crippen molar-refractivity contribution in [2.24, 2.45) is 5.41 Å². The minimum absolute atomic E-state index is 0.0537. The van der Waals surface area contributed by atoms with Crippen LogP contribution in [0.3, 0.4) is 0 Å². The van der Waals surface area contributed by atoms with Gasteiger partial charge in [-0.25, -0.2) is 0 Å². The van der Waals surface area contributed by atoms with Crippen LogP contribution in [0, 0.1) is 5.41 Å². The molecule has 1 aromatic rings. The zero-order chi connectivity index (χ0) is 14.8. The van der Waals surface area contributed by atoms with Gasteiger partial charge in [-0.15, -0.1) is 0 Å². The van der Waals surface area contributed by atoms with Gasteiger partial charge in [0.15, 0.2) is 5.78 Å². The Morgan fingerprint density at radius 1 is 1.40 bits per heavy atom. The van der Waals surface area contributed by atoms with E-state index >= 15 is 0 Å². The number of ketones is 1. The minimum atomic E-state index is -1.08. The van der Waals surface area contributed by atoms with E-state index in [1.54, 1.807) is 25.1 Å². The van der Waals surface area contributed by atoms with Gasteiger partial charge in [-0.3, -0.25) is 9.59 Å². The molecule has 1 unspecified atom stereocenters. The molecule has 0 amide bonds. The highest BCUT2D eigenvalue weighted by molar-refractivity contribution is 6.35. The number of rotatable bonds is 4. The summed E-state index contributed by atoms with van der Waals surface area (Å²) in [5.74, 6) is -0.490. The van der Waals surface area contributed by atoms with E-state index in [0.717, 1.165) is 5.56 Å². The van der Waals surface area contributed by atoms with E-state index in [2.05, 4.69) is 0 Å². The highest BCUT2D eigenvalue weighted by atomic mass is 35.5. The molecule has 0 N–H and O–H groups in total. The van der Waals surface area contributed by atoms with Crippen LogP contribution in [0.5, 0.6) is 0 Å². The van der Waals surface area contributed by atoms with Crippen LogP contribution < -0.4 is 0 Å². The molecule has 20 heavy (non-hydrogen) atoms. The summed E-state index contributed by atoms with van der Waals surface area (Å²) in [6, 6.07) is 5.09. The van der Waals surface area contributed by atoms with E-state index in [1.165, 1.54) is 0 Å². The lowest BCUT2D eigenvalue weighted by atomic mass is 9.79. The predicted molar refractivity (Wildman–Crippen MR) is 78.1 cm³/mol. The lowest BCUT2D eigenvalue weighted by Gasteiger charge is -2.25. The van der Waals surface area contributed by atoms with Crippen LogP contribution in [0.4, 0.5) is 0 Å². The number of carbonyl (C=O) groups excluding carboxylic acids is 2. The SMILES string of the molecule is CCOC(=O)C1(Cc2ccc(Cl)cc2Cl)CCCC1=O. The van der Waals surface area contributed by atoms with Crippen molar-refractivity contribution in [3.05, 3.63) is 33.8 Å². The molecule has 1 saturated carbocycles. The van der Waals surface area contributed by atoms with Crippen molar-refractivity contribution in [1.82, 2.24) is 0 Å². The summed E-state index contributed by atoms with van der Waals surface area (Å²) in [5.41, 5.74) is -0.326. The van der Waals surface area contributed by atoms with Gasteiger partial charge in [0, 0.05) is 16.5 Å². The Balaban J connectivity index is 2.33. The van der Waals surface area contributed by atoms with Crippen molar-refractivity contribution in [1.29, 1.82) is 0 Å². The fourth-order valence-electron chi connectivity index (χ4n) is 2.66. The molecule has 0 heterocycles. The van der Waals surface area contributed by atoms with Crippen LogP contribution >= 0.6 is 23.2 Å². The molecule has 0 aliphatic heterocycles. The minimum Gasteiger partial charge on any atom is -0.465 e. The summed E-state index contributed by atoms with van der Waals surface area (Å²) >= 11 is 12.0. The van der Waals surface area contributed by atoms with Crippen molar-refractivity contribution < 1.29 is 14.3 Å². The third kappa shape index (κ3) is 2.84. The van der Waals surface area contributed by atoms with E-state index in [9.17, 15) is 9.59 Å². The Kier molecular flexibility index (Phi) is 4.71. The number of carbonyl (C=O) groups is 2. The van der Waals surface area contributed by atoms with Crippen molar-refractivity contribution in [2.45, 2.75) is 32.6 Å². The Hall–Kier alpha value is -1.06. The van der Waals surface area contributed by atoms with Gasteiger partial charge in [0.1, 0.15) is 5.41 Å². The van der Waals surface area contributed by atoms with Crippen LogP contribution in [0.15, 0.2) is 18.2 Å². The average molecular weight is 315 g/mol. The van der Waals surface area contributed by atoms with Gasteiger partial charge in [0.25, 0.3) is 0 Å². The maximum Gasteiger partial charge on any atom is 0.319 e. The highest BCUT2D eigenvalue weighted by Gasteiger charge is 2.49. The van der Waals surface area contributed by atoms with E-state index in [0.29, 0.717) is 29.3 Å². The van der Waals surface area contributed by atoms with Gasteiger partial charge >= 0.3 is 5.97 Å². The Bertz CT molecular complexity index is 542. The number of ether oxygens (including phenoxy) is 1. The van der Waals surface area contributed by atoms with Crippen molar-refractivity contribution in [2.75, 3.05) is 6.61 Å². The van der Waals surface area contributed by atoms with E-state index in [-0.39, 0.29) is 18.8 Å². The zero-order valence-corrected chi connectivity index (χ0v) is 12.8. The van der Waals surface area contributed by atoms with Gasteiger partial charge in [0.2, 0.25) is 0 Å². The van der Waals surface area contributed by atoms with Gasteiger partial charge in [-0.1, -0.05) is 29.3 Å². The fourth-order valence-corrected chi connectivity index (χ4v) is 3.14. The average Bonchev–Trinajstić information content (AvgIpc) is 2.76. The monoisotopic (exact) mass is 314 g/mol. The second-order valence-electron chi connectivity index (χ2n) is 4.99. The summed E-state index contributed by atoms with van der Waals surface area (Å²) < 4.78 is 5.11. The molecule has 0 spiro atoms. The topological polar surface area (TPSA) is 43.4 Å². The largest absolute Gasteiger partial charge is 0.465 e. The quantitative estimate of drug-likeness (QED) is 0.626. The molecule has 1 aliphatic rings. The number of hydrogen-bond donors (Lipinski definition) is 0. The summed E-state index contributed by atoms with van der Waals surface area (Å²) in [4.78, 5) is 24.5. The van der Waals surface area contributed by atoms with Crippen molar-refractivity contribution in [3.63, 3.8) is 0 Å². The normalized spacial score (nSPS) is 22.1. The summed E-state index contributed by atoms with van der Waals surface area (Å²) in [5, 5.41) is 1.00. The van der Waals surface area contributed by atoms with Crippen molar-refractivity contribution in [3.8, 4) is 0 Å². The Morgan fingerprint density at radius 2 is 2.15 bits per heavy atom. The first-order valence-corrected chi connectivity index (χ1v) is 7.39. The highest BCUT2D eigenvalue weighted by Crippen LogP contribution is 2.40. The number of esters is 1. The number of Topliss-reactive ketones (excluding diaryl/α,β-unsaturated/α-hetero) is 1. The van der Waals surface area contributed by atoms with Gasteiger partial charge in [0.05, 0.1) is 6.61 Å². The fraction of sp³-hybridized carbons (Fsp3) is 0.467. The molecular formula is C15H16Cl2O3. The van der Waals surface area contributed by atoms with Gasteiger partial charge in [-0.05, 0) is 43.9 Å².